The first-order chi connectivity index (χ1) is 9.70. The van der Waals surface area contributed by atoms with Crippen molar-refractivity contribution in [2.45, 2.75) is 33.6 Å². The van der Waals surface area contributed by atoms with Crippen molar-refractivity contribution in [2.24, 2.45) is 11.3 Å². The highest BCUT2D eigenvalue weighted by Gasteiger charge is 2.30. The van der Waals surface area contributed by atoms with Gasteiger partial charge < -0.3 is 15.1 Å². The van der Waals surface area contributed by atoms with Crippen molar-refractivity contribution < 1.29 is 14.4 Å². The van der Waals surface area contributed by atoms with E-state index in [9.17, 15) is 9.59 Å². The fraction of sp³-hybridized carbons (Fsp3) is 0.867. The third-order valence-corrected chi connectivity index (χ3v) is 3.51. The Kier molecular flexibility index (Phi) is 6.61. The summed E-state index contributed by atoms with van der Waals surface area (Å²) in [4.78, 5) is 31.2. The summed E-state index contributed by atoms with van der Waals surface area (Å²) in [6, 6.07) is 0. The molecule has 0 aromatic heterocycles. The average Bonchev–Trinajstić information content (AvgIpc) is 2.37. The third-order valence-electron chi connectivity index (χ3n) is 3.51. The molecule has 1 rings (SSSR count). The lowest BCUT2D eigenvalue weighted by molar-refractivity contribution is -0.205. The van der Waals surface area contributed by atoms with Crippen LogP contribution in [-0.2, 0) is 14.4 Å². The molecule has 0 saturated carbocycles. The molecule has 0 bridgehead atoms. The molecule has 21 heavy (non-hydrogen) atoms. The van der Waals surface area contributed by atoms with Crippen molar-refractivity contribution in [3.05, 3.63) is 0 Å². The van der Waals surface area contributed by atoms with E-state index in [4.69, 9.17) is 4.84 Å². The lowest BCUT2D eigenvalue weighted by Crippen LogP contribution is -2.43. The predicted molar refractivity (Wildman–Crippen MR) is 81.4 cm³/mol. The van der Waals surface area contributed by atoms with E-state index in [1.54, 1.807) is 5.06 Å². The molecule has 122 valence electrons. The zero-order chi connectivity index (χ0) is 16.0. The van der Waals surface area contributed by atoms with Crippen molar-refractivity contribution in [1.82, 2.24) is 15.3 Å². The van der Waals surface area contributed by atoms with Crippen LogP contribution in [0.15, 0.2) is 0 Å². The molecule has 1 amide bonds. The Balaban J connectivity index is 2.28. The number of carbonyl (C=O) groups is 2. The summed E-state index contributed by atoms with van der Waals surface area (Å²) in [7, 11) is 3.96. The topological polar surface area (TPSA) is 61.9 Å². The van der Waals surface area contributed by atoms with E-state index in [-0.39, 0.29) is 17.8 Å². The fourth-order valence-corrected chi connectivity index (χ4v) is 2.01. The third kappa shape index (κ3) is 6.44. The van der Waals surface area contributed by atoms with Gasteiger partial charge in [-0.05, 0) is 47.7 Å². The number of likely N-dealkylation sites (N-methyl/N-ethyl adjacent to an activating group) is 1. The van der Waals surface area contributed by atoms with Crippen molar-refractivity contribution in [3.63, 3.8) is 0 Å². The molecule has 0 unspecified atom stereocenters. The Morgan fingerprint density at radius 2 is 1.81 bits per heavy atom. The van der Waals surface area contributed by atoms with E-state index in [2.05, 4.69) is 5.32 Å². The number of rotatable bonds is 5. The Bertz CT molecular complexity index is 356. The Morgan fingerprint density at radius 3 is 2.29 bits per heavy atom. The molecule has 1 fully saturated rings. The Morgan fingerprint density at radius 1 is 1.24 bits per heavy atom. The van der Waals surface area contributed by atoms with Gasteiger partial charge in [0.05, 0.1) is 5.41 Å². The summed E-state index contributed by atoms with van der Waals surface area (Å²) in [5.41, 5.74) is -0.500. The smallest absolute Gasteiger partial charge is 0.330 e. The number of carbonyl (C=O) groups excluding carboxylic acids is 2. The molecule has 1 saturated heterocycles. The van der Waals surface area contributed by atoms with Crippen LogP contribution in [0.5, 0.6) is 0 Å². The highest BCUT2D eigenvalue weighted by molar-refractivity contribution is 5.78. The van der Waals surface area contributed by atoms with Gasteiger partial charge in [-0.15, -0.1) is 5.06 Å². The van der Waals surface area contributed by atoms with Crippen LogP contribution in [0.4, 0.5) is 0 Å². The van der Waals surface area contributed by atoms with Crippen molar-refractivity contribution in [3.8, 4) is 0 Å². The quantitative estimate of drug-likeness (QED) is 0.816. The number of nitrogens with zero attached hydrogens (tertiary/aromatic N) is 2. The molecule has 6 heteroatoms. The average molecular weight is 299 g/mol. The molecule has 0 radical (unpaired) electrons. The van der Waals surface area contributed by atoms with Gasteiger partial charge in [0, 0.05) is 32.1 Å². The lowest BCUT2D eigenvalue weighted by atomic mass is 9.96. The zero-order valence-corrected chi connectivity index (χ0v) is 13.9. The molecule has 1 aliphatic rings. The molecular weight excluding hydrogens is 270 g/mol. The Labute approximate surface area is 127 Å². The largest absolute Gasteiger partial charge is 0.367 e. The molecule has 0 spiro atoms. The number of piperidine rings is 1. The zero-order valence-electron chi connectivity index (χ0n) is 13.9. The van der Waals surface area contributed by atoms with Crippen LogP contribution in [0.2, 0.25) is 0 Å². The minimum Gasteiger partial charge on any atom is -0.367 e. The van der Waals surface area contributed by atoms with Crippen LogP contribution in [-0.4, -0.2) is 62.1 Å². The normalized spacial score (nSPS) is 17.8. The van der Waals surface area contributed by atoms with E-state index >= 15 is 0 Å². The predicted octanol–water partition coefficient (Wildman–Crippen LogP) is 0.881. The van der Waals surface area contributed by atoms with Crippen LogP contribution < -0.4 is 5.32 Å². The number of hydrogen-bond donors (Lipinski definition) is 1. The summed E-state index contributed by atoms with van der Waals surface area (Å²) >= 11 is 0. The summed E-state index contributed by atoms with van der Waals surface area (Å²) in [6.45, 7) is 8.25. The second-order valence-corrected chi connectivity index (χ2v) is 6.93. The first-order valence-corrected chi connectivity index (χ1v) is 7.60. The highest BCUT2D eigenvalue weighted by Crippen LogP contribution is 2.21. The van der Waals surface area contributed by atoms with Gasteiger partial charge in [-0.1, -0.05) is 0 Å². The van der Waals surface area contributed by atoms with Gasteiger partial charge in [0.25, 0.3) is 0 Å². The van der Waals surface area contributed by atoms with E-state index in [0.29, 0.717) is 19.6 Å². The molecule has 0 aliphatic carbocycles. The monoisotopic (exact) mass is 299 g/mol. The van der Waals surface area contributed by atoms with Gasteiger partial charge in [-0.2, -0.15) is 0 Å². The molecule has 0 atom stereocenters. The van der Waals surface area contributed by atoms with Crippen LogP contribution in [0.25, 0.3) is 0 Å². The maximum Gasteiger partial charge on any atom is 0.330 e. The van der Waals surface area contributed by atoms with Crippen molar-refractivity contribution >= 4 is 11.9 Å². The molecule has 0 aromatic carbocycles. The molecule has 1 heterocycles. The first-order valence-electron chi connectivity index (χ1n) is 7.60. The minimum atomic E-state index is -0.500. The maximum atomic E-state index is 12.0. The van der Waals surface area contributed by atoms with Gasteiger partial charge in [-0.3, -0.25) is 4.79 Å². The van der Waals surface area contributed by atoms with Crippen LogP contribution in [0.1, 0.15) is 33.6 Å². The highest BCUT2D eigenvalue weighted by atomic mass is 16.7. The molecule has 6 nitrogen and oxygen atoms in total. The van der Waals surface area contributed by atoms with Gasteiger partial charge in [-0.25, -0.2) is 4.79 Å². The molecular formula is C15H29N3O3. The van der Waals surface area contributed by atoms with Gasteiger partial charge in [0.2, 0.25) is 5.91 Å². The number of amides is 1. The van der Waals surface area contributed by atoms with E-state index in [1.807, 2.05) is 39.8 Å². The number of hydroxylamine groups is 2. The summed E-state index contributed by atoms with van der Waals surface area (Å²) < 4.78 is 0. The van der Waals surface area contributed by atoms with Crippen molar-refractivity contribution in [1.29, 1.82) is 0 Å². The molecule has 1 N–H and O–H groups in total. The summed E-state index contributed by atoms with van der Waals surface area (Å²) in [5, 5.41) is 4.63. The lowest BCUT2D eigenvalue weighted by Gasteiger charge is -2.31. The standard InChI is InChI=1S/C15H29N3O3/c1-15(2,3)14(20)21-18-9-6-12(7-10-18)13(19)16-8-11-17(4)5/h12H,6-11H2,1-5H3,(H,16,19). The van der Waals surface area contributed by atoms with E-state index < -0.39 is 5.41 Å². The van der Waals surface area contributed by atoms with Gasteiger partial charge in [0.15, 0.2) is 0 Å². The van der Waals surface area contributed by atoms with E-state index in [0.717, 1.165) is 19.4 Å². The molecule has 1 aliphatic heterocycles. The first kappa shape index (κ1) is 17.9. The van der Waals surface area contributed by atoms with Gasteiger partial charge in [0.1, 0.15) is 0 Å². The number of hydrogen-bond acceptors (Lipinski definition) is 5. The maximum absolute atomic E-state index is 12.0. The molecule has 0 aromatic rings. The summed E-state index contributed by atoms with van der Waals surface area (Å²) in [6.07, 6.45) is 1.45. The Hall–Kier alpha value is -1.14. The second kappa shape index (κ2) is 7.75. The van der Waals surface area contributed by atoms with Crippen LogP contribution in [0.3, 0.4) is 0 Å². The fourth-order valence-electron chi connectivity index (χ4n) is 2.01. The second-order valence-electron chi connectivity index (χ2n) is 6.93. The SMILES string of the molecule is CN(C)CCNC(=O)C1CCN(OC(=O)C(C)(C)C)CC1. The van der Waals surface area contributed by atoms with Gasteiger partial charge >= 0.3 is 5.97 Å². The summed E-state index contributed by atoms with van der Waals surface area (Å²) in [5.74, 6) is -0.0909. The van der Waals surface area contributed by atoms with Crippen molar-refractivity contribution in [2.75, 3.05) is 40.3 Å². The van der Waals surface area contributed by atoms with E-state index in [1.165, 1.54) is 0 Å². The number of nitrogens with one attached hydrogen (secondary N) is 1. The minimum absolute atomic E-state index is 0.0248. The van der Waals surface area contributed by atoms with Crippen LogP contribution in [0, 0.1) is 11.3 Å². The van der Waals surface area contributed by atoms with Crippen LogP contribution >= 0.6 is 0 Å².